The van der Waals surface area contributed by atoms with Gasteiger partial charge in [0, 0.05) is 16.5 Å². The van der Waals surface area contributed by atoms with Crippen LogP contribution in [0.1, 0.15) is 55.1 Å². The minimum Gasteiger partial charge on any atom is -0.472 e. The van der Waals surface area contributed by atoms with Crippen LogP contribution in [0.2, 0.25) is 5.02 Å². The Bertz CT molecular complexity index is 1300. The minimum absolute atomic E-state index is 0.165. The van der Waals surface area contributed by atoms with Gasteiger partial charge in [0.05, 0.1) is 37.0 Å². The maximum atomic E-state index is 14.1. The quantitative estimate of drug-likeness (QED) is 0.401. The highest BCUT2D eigenvalue weighted by Gasteiger charge is 2.66. The molecule has 0 spiro atoms. The minimum atomic E-state index is -0.879. The van der Waals surface area contributed by atoms with Gasteiger partial charge in [-0.05, 0) is 60.4 Å². The fraction of sp³-hybridized carbons (Fsp3) is 0.429. The average Bonchev–Trinajstić information content (AvgIpc) is 3.39. The molecule has 0 bridgehead atoms. The Morgan fingerprint density at radius 3 is 2.59 bits per heavy atom. The smallest absolute Gasteiger partial charge is 0.343 e. The van der Waals surface area contributed by atoms with E-state index in [0.717, 1.165) is 0 Å². The molecule has 9 heteroatoms. The van der Waals surface area contributed by atoms with E-state index in [-0.39, 0.29) is 11.3 Å². The summed E-state index contributed by atoms with van der Waals surface area (Å²) in [7, 11) is 1.28. The molecule has 0 radical (unpaired) electrons. The Morgan fingerprint density at radius 1 is 1.14 bits per heavy atom. The van der Waals surface area contributed by atoms with E-state index >= 15 is 0 Å². The second-order valence-corrected chi connectivity index (χ2v) is 11.0. The third-order valence-corrected chi connectivity index (χ3v) is 8.66. The van der Waals surface area contributed by atoms with Crippen LogP contribution in [-0.4, -0.2) is 30.8 Å². The average molecular weight is 527 g/mol. The monoisotopic (exact) mass is 526 g/mol. The third kappa shape index (κ3) is 4.07. The summed E-state index contributed by atoms with van der Waals surface area (Å²) in [5.41, 5.74) is -0.885. The van der Waals surface area contributed by atoms with Gasteiger partial charge in [0.1, 0.15) is 6.10 Å². The number of carbonyl (C=O) groups is 4. The highest BCUT2D eigenvalue weighted by atomic mass is 35.5. The zero-order valence-corrected chi connectivity index (χ0v) is 21.4. The fourth-order valence-corrected chi connectivity index (χ4v) is 6.85. The van der Waals surface area contributed by atoms with Crippen LogP contribution in [0.4, 0.5) is 0 Å². The molecule has 2 aromatic rings. The Kier molecular flexibility index (Phi) is 6.26. The standard InChI is InChI=1S/C28H27ClO8/c1-27-9-7-18-26(33)37-21(16-8-10-35-14-16)13-28(18,2)23(27)22(30)20(12-19(27)25(32)34-3)36-24(31)15-5-4-6-17(29)11-15/h4-6,8,10-12,14,18-19,21,23H,7,9,13H2,1-3H3/t18-,19-,21-,23-,27-,28-/m0/s1. The molecule has 1 aromatic heterocycles. The van der Waals surface area contributed by atoms with Gasteiger partial charge in [-0.1, -0.05) is 31.5 Å². The number of ether oxygens (including phenoxy) is 3. The van der Waals surface area contributed by atoms with Gasteiger partial charge in [0.25, 0.3) is 0 Å². The van der Waals surface area contributed by atoms with Crippen molar-refractivity contribution >= 4 is 35.3 Å². The number of esters is 3. The molecule has 1 saturated heterocycles. The number of allylic oxidation sites excluding steroid dienone is 1. The predicted molar refractivity (Wildman–Crippen MR) is 130 cm³/mol. The lowest BCUT2D eigenvalue weighted by Crippen LogP contribution is -2.61. The zero-order chi connectivity index (χ0) is 26.5. The van der Waals surface area contributed by atoms with Gasteiger partial charge in [-0.3, -0.25) is 14.4 Å². The number of rotatable bonds is 4. The molecular weight excluding hydrogens is 500 g/mol. The van der Waals surface area contributed by atoms with E-state index < -0.39 is 58.4 Å². The van der Waals surface area contributed by atoms with Crippen LogP contribution in [0.5, 0.6) is 0 Å². The summed E-state index contributed by atoms with van der Waals surface area (Å²) >= 11 is 6.02. The Labute approximate surface area is 218 Å². The topological polar surface area (TPSA) is 109 Å². The predicted octanol–water partition coefficient (Wildman–Crippen LogP) is 5.07. The molecule has 194 valence electrons. The highest BCUT2D eigenvalue weighted by Crippen LogP contribution is 2.64. The van der Waals surface area contributed by atoms with Crippen LogP contribution in [-0.2, 0) is 28.6 Å². The van der Waals surface area contributed by atoms with Gasteiger partial charge >= 0.3 is 17.9 Å². The normalized spacial score (nSPS) is 32.9. The Balaban J connectivity index is 1.57. The zero-order valence-electron chi connectivity index (χ0n) is 20.7. The van der Waals surface area contributed by atoms with Crippen molar-refractivity contribution in [3.05, 3.63) is 70.8 Å². The summed E-state index contributed by atoms with van der Waals surface area (Å²) in [6, 6.07) is 7.89. The molecule has 8 nitrogen and oxygen atoms in total. The summed E-state index contributed by atoms with van der Waals surface area (Å²) < 4.78 is 21.6. The molecule has 1 aromatic carbocycles. The van der Waals surface area contributed by atoms with Crippen molar-refractivity contribution in [2.75, 3.05) is 7.11 Å². The van der Waals surface area contributed by atoms with E-state index in [4.69, 9.17) is 30.2 Å². The van der Waals surface area contributed by atoms with E-state index in [2.05, 4.69) is 0 Å². The Hall–Kier alpha value is -3.39. The molecule has 5 rings (SSSR count). The first-order chi connectivity index (χ1) is 17.6. The van der Waals surface area contributed by atoms with Gasteiger partial charge < -0.3 is 18.6 Å². The third-order valence-electron chi connectivity index (χ3n) is 8.42. The molecule has 0 unspecified atom stereocenters. The number of hydrogen-bond donors (Lipinski definition) is 0. The number of ketones is 1. The lowest BCUT2D eigenvalue weighted by molar-refractivity contribution is -0.197. The SMILES string of the molecule is COC(=O)[C@@H]1C=C(OC(=O)c2cccc(Cl)c2)C(=O)[C@H]2[C@@]1(C)CC[C@H]1C(=O)O[C@H](c3ccoc3)C[C@]21C. The summed E-state index contributed by atoms with van der Waals surface area (Å²) in [4.78, 5) is 53.3. The summed E-state index contributed by atoms with van der Waals surface area (Å²) in [5, 5.41) is 0.340. The van der Waals surface area contributed by atoms with Crippen LogP contribution in [0, 0.1) is 28.6 Å². The number of cyclic esters (lactones) is 1. The van der Waals surface area contributed by atoms with Crippen molar-refractivity contribution in [3.63, 3.8) is 0 Å². The molecule has 0 N–H and O–H groups in total. The van der Waals surface area contributed by atoms with Crippen molar-refractivity contribution in [2.24, 2.45) is 28.6 Å². The van der Waals surface area contributed by atoms with Crippen LogP contribution < -0.4 is 0 Å². The van der Waals surface area contributed by atoms with E-state index in [1.165, 1.54) is 37.8 Å². The number of furan rings is 1. The van der Waals surface area contributed by atoms with E-state index in [1.54, 1.807) is 18.2 Å². The number of Topliss-reactive ketones (excluding diaryl/α,β-unsaturated/α-hetero) is 1. The second-order valence-electron chi connectivity index (χ2n) is 10.5. The molecule has 37 heavy (non-hydrogen) atoms. The maximum absolute atomic E-state index is 14.1. The largest absolute Gasteiger partial charge is 0.472 e. The molecule has 0 amide bonds. The van der Waals surface area contributed by atoms with Gasteiger partial charge in [-0.25, -0.2) is 4.79 Å². The van der Waals surface area contributed by atoms with E-state index in [9.17, 15) is 19.2 Å². The number of hydrogen-bond acceptors (Lipinski definition) is 8. The summed E-state index contributed by atoms with van der Waals surface area (Å²) in [6.45, 7) is 3.76. The summed E-state index contributed by atoms with van der Waals surface area (Å²) in [5.74, 6) is -4.58. The van der Waals surface area contributed by atoms with Crippen LogP contribution in [0.3, 0.4) is 0 Å². The van der Waals surface area contributed by atoms with Crippen LogP contribution in [0.15, 0.2) is 59.1 Å². The van der Waals surface area contributed by atoms with E-state index in [1.807, 2.05) is 13.8 Å². The molecule has 6 atom stereocenters. The first kappa shape index (κ1) is 25.3. The molecule has 2 fully saturated rings. The van der Waals surface area contributed by atoms with Gasteiger partial charge in [-0.15, -0.1) is 0 Å². The maximum Gasteiger partial charge on any atom is 0.343 e. The summed E-state index contributed by atoms with van der Waals surface area (Å²) in [6.07, 6.45) is 5.01. The number of methoxy groups -OCH3 is 1. The molecular formula is C28H27ClO8. The lowest BCUT2D eigenvalue weighted by atomic mass is 9.44. The van der Waals surface area contributed by atoms with Crippen molar-refractivity contribution in [2.45, 2.75) is 39.2 Å². The number of fused-ring (bicyclic) bond motifs is 3. The van der Waals surface area contributed by atoms with Gasteiger partial charge in [0.2, 0.25) is 5.78 Å². The van der Waals surface area contributed by atoms with Gasteiger partial charge in [-0.2, -0.15) is 0 Å². The van der Waals surface area contributed by atoms with Crippen molar-refractivity contribution < 1.29 is 37.8 Å². The second kappa shape index (κ2) is 9.17. The Morgan fingerprint density at radius 2 is 1.92 bits per heavy atom. The molecule has 2 aliphatic carbocycles. The lowest BCUT2D eigenvalue weighted by Gasteiger charge is -2.59. The van der Waals surface area contributed by atoms with Crippen LogP contribution in [0.25, 0.3) is 0 Å². The first-order valence-electron chi connectivity index (χ1n) is 12.1. The molecule has 1 aliphatic heterocycles. The van der Waals surface area contributed by atoms with Crippen LogP contribution >= 0.6 is 11.6 Å². The molecule has 3 aliphatic rings. The number of benzene rings is 1. The van der Waals surface area contributed by atoms with Crippen molar-refractivity contribution in [1.82, 2.24) is 0 Å². The first-order valence-corrected chi connectivity index (χ1v) is 12.5. The fourth-order valence-electron chi connectivity index (χ4n) is 6.66. The number of carbonyl (C=O) groups excluding carboxylic acids is 4. The van der Waals surface area contributed by atoms with E-state index in [0.29, 0.717) is 29.8 Å². The molecule has 2 heterocycles. The number of halogens is 1. The van der Waals surface area contributed by atoms with Crippen molar-refractivity contribution in [1.29, 1.82) is 0 Å². The highest BCUT2D eigenvalue weighted by molar-refractivity contribution is 6.30. The molecule has 1 saturated carbocycles. The van der Waals surface area contributed by atoms with Crippen molar-refractivity contribution in [3.8, 4) is 0 Å². The van der Waals surface area contributed by atoms with Gasteiger partial charge in [0.15, 0.2) is 5.76 Å².